The number of anilines is 1. The van der Waals surface area contributed by atoms with E-state index in [4.69, 9.17) is 11.6 Å². The van der Waals surface area contributed by atoms with Crippen LogP contribution in [-0.4, -0.2) is 36.3 Å². The summed E-state index contributed by atoms with van der Waals surface area (Å²) in [5, 5.41) is 3.44. The van der Waals surface area contributed by atoms with Crippen LogP contribution < -0.4 is 10.2 Å². The third-order valence-electron chi connectivity index (χ3n) is 5.85. The van der Waals surface area contributed by atoms with Gasteiger partial charge in [-0.25, -0.2) is 12.7 Å². The summed E-state index contributed by atoms with van der Waals surface area (Å²) in [4.78, 5) is 25.0. The number of hydrogen-bond donors (Lipinski definition) is 1. The molecule has 176 valence electrons. The Labute approximate surface area is 202 Å². The molecule has 0 atom stereocenters. The Balaban J connectivity index is 1.38. The van der Waals surface area contributed by atoms with Gasteiger partial charge in [-0.3, -0.25) is 14.2 Å². The minimum Gasteiger partial charge on any atom is -0.326 e. The number of aromatic nitrogens is 1. The first kappa shape index (κ1) is 23.9. The third kappa shape index (κ3) is 5.32. The Morgan fingerprint density at radius 1 is 1.18 bits per heavy atom. The number of benzene rings is 2. The molecule has 1 aromatic heterocycles. The van der Waals surface area contributed by atoms with Crippen molar-refractivity contribution in [3.8, 4) is 0 Å². The molecule has 2 heterocycles. The highest BCUT2D eigenvalue weighted by molar-refractivity contribution is 7.88. The molecule has 0 radical (unpaired) electrons. The van der Waals surface area contributed by atoms with E-state index < -0.39 is 10.0 Å². The molecule has 2 aromatic carbocycles. The molecule has 1 aliphatic rings. The average molecular weight is 508 g/mol. The molecule has 1 N–H and O–H groups in total. The van der Waals surface area contributed by atoms with E-state index in [-0.39, 0.29) is 28.5 Å². The lowest BCUT2D eigenvalue weighted by atomic mass is 9.97. The maximum atomic E-state index is 12.8. The summed E-state index contributed by atoms with van der Waals surface area (Å²) >= 11 is 7.13. The van der Waals surface area contributed by atoms with Gasteiger partial charge in [-0.15, -0.1) is 0 Å². The summed E-state index contributed by atoms with van der Waals surface area (Å²) in [7, 11) is -3.48. The summed E-state index contributed by atoms with van der Waals surface area (Å²) in [6, 6.07) is 12.4. The van der Waals surface area contributed by atoms with Gasteiger partial charge in [0.2, 0.25) is 15.9 Å². The van der Waals surface area contributed by atoms with Crippen molar-refractivity contribution < 1.29 is 13.2 Å². The van der Waals surface area contributed by atoms with Crippen molar-refractivity contribution in [3.05, 3.63) is 62.7 Å². The lowest BCUT2D eigenvalue weighted by molar-refractivity contribution is -0.120. The molecule has 0 unspecified atom stereocenters. The normalized spacial score (nSPS) is 15.9. The van der Waals surface area contributed by atoms with Crippen LogP contribution >= 0.6 is 22.9 Å². The zero-order chi connectivity index (χ0) is 23.8. The third-order valence-corrected chi connectivity index (χ3v) is 8.86. The second-order valence-corrected chi connectivity index (χ2v) is 12.0. The Morgan fingerprint density at radius 3 is 2.58 bits per heavy atom. The number of fused-ring (bicyclic) bond motifs is 1. The van der Waals surface area contributed by atoms with Gasteiger partial charge >= 0.3 is 4.87 Å². The molecule has 0 aliphatic carbocycles. The second kappa shape index (κ2) is 9.58. The molecule has 33 heavy (non-hydrogen) atoms. The Kier molecular flexibility index (Phi) is 6.95. The van der Waals surface area contributed by atoms with Crippen molar-refractivity contribution in [2.75, 3.05) is 18.4 Å². The number of hydrogen-bond acceptors (Lipinski definition) is 5. The molecule has 1 amide bonds. The van der Waals surface area contributed by atoms with Crippen LogP contribution in [0.25, 0.3) is 10.2 Å². The van der Waals surface area contributed by atoms with E-state index in [1.807, 2.05) is 26.0 Å². The van der Waals surface area contributed by atoms with Crippen molar-refractivity contribution in [2.45, 2.75) is 38.5 Å². The van der Waals surface area contributed by atoms with Gasteiger partial charge in [0, 0.05) is 35.8 Å². The Bertz CT molecular complexity index is 1340. The van der Waals surface area contributed by atoms with Crippen LogP contribution in [0.3, 0.4) is 0 Å². The molecule has 3 aromatic rings. The molecule has 1 aliphatic heterocycles. The van der Waals surface area contributed by atoms with E-state index in [0.29, 0.717) is 42.2 Å². The van der Waals surface area contributed by atoms with Crippen LogP contribution in [0.5, 0.6) is 0 Å². The maximum absolute atomic E-state index is 12.8. The molecular weight excluding hydrogens is 482 g/mol. The number of amides is 1. The number of nitrogens with zero attached hydrogens (tertiary/aromatic N) is 2. The predicted octanol–water partition coefficient (Wildman–Crippen LogP) is 4.48. The van der Waals surface area contributed by atoms with Gasteiger partial charge in [0.1, 0.15) is 0 Å². The topological polar surface area (TPSA) is 88.5 Å². The van der Waals surface area contributed by atoms with Gasteiger partial charge in [-0.1, -0.05) is 35.1 Å². The quantitative estimate of drug-likeness (QED) is 0.533. The Morgan fingerprint density at radius 2 is 1.91 bits per heavy atom. The van der Waals surface area contributed by atoms with Crippen LogP contribution in [0.2, 0.25) is 5.02 Å². The summed E-state index contributed by atoms with van der Waals surface area (Å²) in [6.45, 7) is 4.54. The van der Waals surface area contributed by atoms with E-state index in [1.54, 1.807) is 34.9 Å². The average Bonchev–Trinajstić information content (AvgIpc) is 3.08. The number of rotatable bonds is 6. The first-order valence-electron chi connectivity index (χ1n) is 10.8. The van der Waals surface area contributed by atoms with Gasteiger partial charge < -0.3 is 5.32 Å². The standard InChI is InChI=1S/C23H26ClN3O4S2/c1-15(2)27-20-7-6-19(13-21(20)32-23(27)29)25-22(28)17-8-10-26(11-9-17)33(30,31)14-16-4-3-5-18(24)12-16/h3-7,12-13,15,17H,8-11,14H2,1-2H3,(H,25,28). The number of sulfonamides is 1. The minimum atomic E-state index is -3.48. The molecule has 0 bridgehead atoms. The predicted molar refractivity (Wildman–Crippen MR) is 133 cm³/mol. The minimum absolute atomic E-state index is 0.0187. The fourth-order valence-electron chi connectivity index (χ4n) is 4.17. The van der Waals surface area contributed by atoms with E-state index in [1.165, 1.54) is 4.31 Å². The van der Waals surface area contributed by atoms with Crippen molar-refractivity contribution in [1.82, 2.24) is 8.87 Å². The monoisotopic (exact) mass is 507 g/mol. The number of halogens is 1. The number of thiazole rings is 1. The molecule has 0 spiro atoms. The van der Waals surface area contributed by atoms with E-state index in [0.717, 1.165) is 21.6 Å². The van der Waals surface area contributed by atoms with Crippen molar-refractivity contribution >= 4 is 54.8 Å². The molecular formula is C23H26ClN3O4S2. The van der Waals surface area contributed by atoms with Gasteiger partial charge in [0.15, 0.2) is 0 Å². The second-order valence-electron chi connectivity index (χ2n) is 8.56. The summed E-state index contributed by atoms with van der Waals surface area (Å²) in [5.74, 6) is -0.502. The molecule has 1 fully saturated rings. The first-order valence-corrected chi connectivity index (χ1v) is 13.6. The van der Waals surface area contributed by atoms with Gasteiger partial charge in [-0.05, 0) is 62.6 Å². The molecule has 0 saturated carbocycles. The smallest absolute Gasteiger partial charge is 0.308 e. The van der Waals surface area contributed by atoms with E-state index in [9.17, 15) is 18.0 Å². The lowest BCUT2D eigenvalue weighted by Gasteiger charge is -2.30. The lowest BCUT2D eigenvalue weighted by Crippen LogP contribution is -2.41. The van der Waals surface area contributed by atoms with Crippen molar-refractivity contribution in [3.63, 3.8) is 0 Å². The summed E-state index contributed by atoms with van der Waals surface area (Å²) in [5.41, 5.74) is 2.14. The molecule has 7 nitrogen and oxygen atoms in total. The summed E-state index contributed by atoms with van der Waals surface area (Å²) < 4.78 is 29.6. The first-order chi connectivity index (χ1) is 15.6. The molecule has 1 saturated heterocycles. The molecule has 4 rings (SSSR count). The fraction of sp³-hybridized carbons (Fsp3) is 0.391. The zero-order valence-electron chi connectivity index (χ0n) is 18.5. The zero-order valence-corrected chi connectivity index (χ0v) is 20.8. The van der Waals surface area contributed by atoms with Gasteiger partial charge in [0.25, 0.3) is 0 Å². The largest absolute Gasteiger partial charge is 0.326 e. The highest BCUT2D eigenvalue weighted by Crippen LogP contribution is 2.27. The van der Waals surface area contributed by atoms with Crippen LogP contribution in [-0.2, 0) is 20.6 Å². The highest BCUT2D eigenvalue weighted by Gasteiger charge is 2.31. The van der Waals surface area contributed by atoms with Crippen LogP contribution in [0, 0.1) is 5.92 Å². The maximum Gasteiger partial charge on any atom is 0.308 e. The highest BCUT2D eigenvalue weighted by atomic mass is 35.5. The van der Waals surface area contributed by atoms with Crippen molar-refractivity contribution in [2.24, 2.45) is 5.92 Å². The van der Waals surface area contributed by atoms with Gasteiger partial charge in [0.05, 0.1) is 16.0 Å². The molecule has 10 heteroatoms. The van der Waals surface area contributed by atoms with Gasteiger partial charge in [-0.2, -0.15) is 0 Å². The fourth-order valence-corrected chi connectivity index (χ4v) is 6.99. The van der Waals surface area contributed by atoms with Crippen LogP contribution in [0.4, 0.5) is 5.69 Å². The number of carbonyl (C=O) groups is 1. The Hall–Kier alpha value is -2.20. The van der Waals surface area contributed by atoms with Crippen LogP contribution in [0.1, 0.15) is 38.3 Å². The van der Waals surface area contributed by atoms with Crippen molar-refractivity contribution in [1.29, 1.82) is 0 Å². The number of nitrogens with one attached hydrogen (secondary N) is 1. The van der Waals surface area contributed by atoms with Crippen LogP contribution in [0.15, 0.2) is 47.3 Å². The van der Waals surface area contributed by atoms with E-state index in [2.05, 4.69) is 5.32 Å². The number of piperidine rings is 1. The SMILES string of the molecule is CC(C)n1c(=O)sc2cc(NC(=O)C3CCN(S(=O)(=O)Cc4cccc(Cl)c4)CC3)ccc21. The summed E-state index contributed by atoms with van der Waals surface area (Å²) in [6.07, 6.45) is 0.916. The van der Waals surface area contributed by atoms with E-state index >= 15 is 0 Å². The number of carbonyl (C=O) groups excluding carboxylic acids is 1.